The van der Waals surface area contributed by atoms with Crippen LogP contribution in [0.5, 0.6) is 0 Å². The average molecular weight is 216 g/mol. The maximum atomic E-state index is 10.8. The first kappa shape index (κ1) is 14.4. The highest BCUT2D eigenvalue weighted by Crippen LogP contribution is 1.98. The molecule has 0 radical (unpaired) electrons. The van der Waals surface area contributed by atoms with Gasteiger partial charge in [0.1, 0.15) is 0 Å². The Morgan fingerprint density at radius 1 is 1.27 bits per heavy atom. The lowest BCUT2D eigenvalue weighted by molar-refractivity contribution is -0.120. The molecule has 1 amide bonds. The van der Waals surface area contributed by atoms with Gasteiger partial charge in [0.25, 0.3) is 0 Å². The normalized spacial score (nSPS) is 10.7. The molecule has 4 heteroatoms. The predicted molar refractivity (Wildman–Crippen MR) is 61.8 cm³/mol. The molecule has 0 fully saturated rings. The van der Waals surface area contributed by atoms with Crippen LogP contribution in [0.15, 0.2) is 0 Å². The van der Waals surface area contributed by atoms with Gasteiger partial charge in [-0.05, 0) is 12.3 Å². The number of nitrogens with one attached hydrogen (secondary N) is 2. The molecule has 0 bridgehead atoms. The maximum Gasteiger partial charge on any atom is 0.221 e. The minimum absolute atomic E-state index is 0.0724. The maximum absolute atomic E-state index is 10.8. The SMILES string of the molecule is CNC(=O)CCNCCOCCC(C)C. The van der Waals surface area contributed by atoms with Crippen LogP contribution in [0.3, 0.4) is 0 Å². The van der Waals surface area contributed by atoms with Crippen LogP contribution in [0.4, 0.5) is 0 Å². The lowest BCUT2D eigenvalue weighted by Crippen LogP contribution is -2.27. The number of ether oxygens (including phenoxy) is 1. The molecule has 0 saturated carbocycles. The largest absolute Gasteiger partial charge is 0.380 e. The molecule has 90 valence electrons. The summed E-state index contributed by atoms with van der Waals surface area (Å²) in [5.41, 5.74) is 0. The van der Waals surface area contributed by atoms with E-state index in [0.29, 0.717) is 18.9 Å². The van der Waals surface area contributed by atoms with Crippen molar-refractivity contribution in [2.45, 2.75) is 26.7 Å². The molecule has 0 aromatic heterocycles. The summed E-state index contributed by atoms with van der Waals surface area (Å²) in [6.45, 7) is 7.45. The Hall–Kier alpha value is -0.610. The molecule has 0 aliphatic carbocycles. The molecule has 0 unspecified atom stereocenters. The van der Waals surface area contributed by atoms with Crippen LogP contribution in [0.2, 0.25) is 0 Å². The van der Waals surface area contributed by atoms with Crippen LogP contribution in [0.1, 0.15) is 26.7 Å². The number of carbonyl (C=O) groups excluding carboxylic acids is 1. The Labute approximate surface area is 92.8 Å². The van der Waals surface area contributed by atoms with Crippen molar-refractivity contribution in [1.82, 2.24) is 10.6 Å². The molecule has 15 heavy (non-hydrogen) atoms. The number of carbonyl (C=O) groups is 1. The first-order valence-electron chi connectivity index (χ1n) is 5.66. The number of hydrogen-bond acceptors (Lipinski definition) is 3. The van der Waals surface area contributed by atoms with E-state index in [1.165, 1.54) is 0 Å². The minimum atomic E-state index is 0.0724. The van der Waals surface area contributed by atoms with Gasteiger partial charge in [0.15, 0.2) is 0 Å². The molecule has 0 aromatic carbocycles. The van der Waals surface area contributed by atoms with Crippen molar-refractivity contribution in [2.75, 3.05) is 33.4 Å². The van der Waals surface area contributed by atoms with Gasteiger partial charge >= 0.3 is 0 Å². The summed E-state index contributed by atoms with van der Waals surface area (Å²) in [5.74, 6) is 0.773. The summed E-state index contributed by atoms with van der Waals surface area (Å²) in [6.07, 6.45) is 1.64. The molecular formula is C11H24N2O2. The standard InChI is InChI=1S/C11H24N2O2/c1-10(2)5-8-15-9-7-13-6-4-11(14)12-3/h10,13H,4-9H2,1-3H3,(H,12,14). The van der Waals surface area contributed by atoms with Crippen LogP contribution >= 0.6 is 0 Å². The molecule has 0 heterocycles. The lowest BCUT2D eigenvalue weighted by Gasteiger charge is -2.07. The van der Waals surface area contributed by atoms with Crippen molar-refractivity contribution in [3.8, 4) is 0 Å². The first-order chi connectivity index (χ1) is 7.16. The second-order valence-electron chi connectivity index (χ2n) is 3.97. The Morgan fingerprint density at radius 3 is 2.60 bits per heavy atom. The summed E-state index contributed by atoms with van der Waals surface area (Å²) >= 11 is 0. The number of hydrogen-bond donors (Lipinski definition) is 2. The van der Waals surface area contributed by atoms with E-state index in [2.05, 4.69) is 24.5 Å². The first-order valence-corrected chi connectivity index (χ1v) is 5.66. The highest BCUT2D eigenvalue weighted by molar-refractivity contribution is 5.75. The fraction of sp³-hybridized carbons (Fsp3) is 0.909. The van der Waals surface area contributed by atoms with Crippen molar-refractivity contribution in [1.29, 1.82) is 0 Å². The van der Waals surface area contributed by atoms with Gasteiger partial charge < -0.3 is 15.4 Å². The summed E-state index contributed by atoms with van der Waals surface area (Å²) in [5, 5.41) is 5.73. The van der Waals surface area contributed by atoms with E-state index < -0.39 is 0 Å². The van der Waals surface area contributed by atoms with Gasteiger partial charge in [0.05, 0.1) is 6.61 Å². The monoisotopic (exact) mass is 216 g/mol. The second kappa shape index (κ2) is 9.93. The molecule has 0 saturated heterocycles. The van der Waals surface area contributed by atoms with Crippen molar-refractivity contribution >= 4 is 5.91 Å². The quantitative estimate of drug-likeness (QED) is 0.560. The Bertz CT molecular complexity index is 161. The van der Waals surface area contributed by atoms with Crippen LogP contribution in [-0.2, 0) is 9.53 Å². The van der Waals surface area contributed by atoms with Gasteiger partial charge in [-0.1, -0.05) is 13.8 Å². The van der Waals surface area contributed by atoms with Gasteiger partial charge in [-0.25, -0.2) is 0 Å². The van der Waals surface area contributed by atoms with Gasteiger partial charge in [0.2, 0.25) is 5.91 Å². The third-order valence-corrected chi connectivity index (χ3v) is 2.07. The number of rotatable bonds is 9. The van der Waals surface area contributed by atoms with E-state index in [1.54, 1.807) is 7.05 Å². The highest BCUT2D eigenvalue weighted by atomic mass is 16.5. The summed E-state index contributed by atoms with van der Waals surface area (Å²) < 4.78 is 5.41. The molecule has 0 aliphatic rings. The van der Waals surface area contributed by atoms with Crippen molar-refractivity contribution in [2.24, 2.45) is 5.92 Å². The Morgan fingerprint density at radius 2 is 2.00 bits per heavy atom. The highest BCUT2D eigenvalue weighted by Gasteiger charge is 1.96. The minimum Gasteiger partial charge on any atom is -0.380 e. The number of amides is 1. The van der Waals surface area contributed by atoms with Crippen LogP contribution in [0.25, 0.3) is 0 Å². The van der Waals surface area contributed by atoms with Crippen molar-refractivity contribution < 1.29 is 9.53 Å². The summed E-state index contributed by atoms with van der Waals surface area (Å²) in [4.78, 5) is 10.8. The Kier molecular flexibility index (Phi) is 9.52. The van der Waals surface area contributed by atoms with Gasteiger partial charge in [-0.3, -0.25) is 4.79 Å². The van der Waals surface area contributed by atoms with Gasteiger partial charge in [-0.15, -0.1) is 0 Å². The zero-order valence-corrected chi connectivity index (χ0v) is 10.1. The van der Waals surface area contributed by atoms with Crippen LogP contribution < -0.4 is 10.6 Å². The third-order valence-electron chi connectivity index (χ3n) is 2.07. The van der Waals surface area contributed by atoms with Crippen molar-refractivity contribution in [3.05, 3.63) is 0 Å². The molecule has 4 nitrogen and oxygen atoms in total. The predicted octanol–water partition coefficient (Wildman–Crippen LogP) is 0.775. The van der Waals surface area contributed by atoms with E-state index in [4.69, 9.17) is 4.74 Å². The van der Waals surface area contributed by atoms with Gasteiger partial charge in [0, 0.05) is 33.2 Å². The molecule has 0 aromatic rings. The second-order valence-corrected chi connectivity index (χ2v) is 3.97. The topological polar surface area (TPSA) is 50.4 Å². The molecular weight excluding hydrogens is 192 g/mol. The molecule has 0 rings (SSSR count). The third kappa shape index (κ3) is 11.3. The molecule has 0 spiro atoms. The van der Waals surface area contributed by atoms with E-state index in [9.17, 15) is 4.79 Å². The molecule has 2 N–H and O–H groups in total. The summed E-state index contributed by atoms with van der Waals surface area (Å²) in [7, 11) is 1.65. The fourth-order valence-corrected chi connectivity index (χ4v) is 1.02. The lowest BCUT2D eigenvalue weighted by atomic mass is 10.1. The van der Waals surface area contributed by atoms with Crippen LogP contribution in [0, 0.1) is 5.92 Å². The smallest absolute Gasteiger partial charge is 0.221 e. The van der Waals surface area contributed by atoms with E-state index in [0.717, 1.165) is 26.2 Å². The van der Waals surface area contributed by atoms with Crippen LogP contribution in [-0.4, -0.2) is 39.3 Å². The van der Waals surface area contributed by atoms with Gasteiger partial charge in [-0.2, -0.15) is 0 Å². The van der Waals surface area contributed by atoms with E-state index in [-0.39, 0.29) is 5.91 Å². The van der Waals surface area contributed by atoms with E-state index in [1.807, 2.05) is 0 Å². The van der Waals surface area contributed by atoms with Crippen molar-refractivity contribution in [3.63, 3.8) is 0 Å². The zero-order valence-electron chi connectivity index (χ0n) is 10.1. The fourth-order valence-electron chi connectivity index (χ4n) is 1.02. The Balaban J connectivity index is 3.02. The average Bonchev–Trinajstić information content (AvgIpc) is 2.21. The summed E-state index contributed by atoms with van der Waals surface area (Å²) in [6, 6.07) is 0. The molecule has 0 aliphatic heterocycles. The van der Waals surface area contributed by atoms with E-state index >= 15 is 0 Å². The molecule has 0 atom stereocenters. The zero-order chi connectivity index (χ0) is 11.5.